The largest absolute Gasteiger partial charge is 0.400 e. The minimum Gasteiger partial charge on any atom is -0.400 e. The topological polar surface area (TPSA) is 64.4 Å². The third-order valence-electron chi connectivity index (χ3n) is 2.15. The molecule has 0 aromatic heterocycles. The van der Waals surface area contributed by atoms with Gasteiger partial charge in [-0.2, -0.15) is 0 Å². The number of allylic oxidation sites excluding steroid dienone is 1. The first-order valence-corrected chi connectivity index (χ1v) is 6.71. The molecule has 0 fully saturated rings. The Labute approximate surface area is 111 Å². The SMILES string of the molecule is CSC(/N=C(\N)Cl)=C(/N)Cc1cccc(C)c1. The molecule has 0 saturated heterocycles. The minimum absolute atomic E-state index is 0.00143. The number of thioether (sulfide) groups is 1. The fraction of sp³-hybridized carbons (Fsp3) is 0.250. The van der Waals surface area contributed by atoms with Gasteiger partial charge in [0.1, 0.15) is 5.03 Å². The molecule has 0 amide bonds. The fourth-order valence-corrected chi connectivity index (χ4v) is 2.12. The molecule has 3 nitrogen and oxygen atoms in total. The van der Waals surface area contributed by atoms with Crippen LogP contribution in [-0.2, 0) is 6.42 Å². The first-order chi connectivity index (χ1) is 8.02. The third-order valence-corrected chi connectivity index (χ3v) is 2.98. The average molecular weight is 270 g/mol. The van der Waals surface area contributed by atoms with Crippen molar-refractivity contribution in [2.24, 2.45) is 16.5 Å². The second-order valence-electron chi connectivity index (χ2n) is 3.63. The Hall–Kier alpha value is -1.13. The van der Waals surface area contributed by atoms with E-state index in [-0.39, 0.29) is 5.29 Å². The molecule has 0 aliphatic carbocycles. The number of aryl methyl sites for hydroxylation is 1. The van der Waals surface area contributed by atoms with Crippen molar-refractivity contribution in [2.45, 2.75) is 13.3 Å². The van der Waals surface area contributed by atoms with Crippen LogP contribution in [0, 0.1) is 6.92 Å². The van der Waals surface area contributed by atoms with Gasteiger partial charge in [0, 0.05) is 12.1 Å². The maximum Gasteiger partial charge on any atom is 0.194 e. The number of benzene rings is 1. The quantitative estimate of drug-likeness (QED) is 0.502. The number of amidine groups is 1. The van der Waals surface area contributed by atoms with Crippen LogP contribution in [0.25, 0.3) is 0 Å². The van der Waals surface area contributed by atoms with Gasteiger partial charge in [-0.25, -0.2) is 4.99 Å². The zero-order chi connectivity index (χ0) is 12.8. The summed E-state index contributed by atoms with van der Waals surface area (Å²) in [5.41, 5.74) is 14.4. The molecule has 0 spiro atoms. The summed E-state index contributed by atoms with van der Waals surface area (Å²) in [6.45, 7) is 2.05. The van der Waals surface area contributed by atoms with Crippen LogP contribution >= 0.6 is 23.4 Å². The Kier molecular flexibility index (Phi) is 5.38. The molecule has 1 aromatic rings. The van der Waals surface area contributed by atoms with E-state index in [0.29, 0.717) is 17.1 Å². The summed E-state index contributed by atoms with van der Waals surface area (Å²) >= 11 is 6.98. The fourth-order valence-electron chi connectivity index (χ4n) is 1.46. The maximum atomic E-state index is 6.00. The highest BCUT2D eigenvalue weighted by molar-refractivity contribution is 8.02. The van der Waals surface area contributed by atoms with Crippen molar-refractivity contribution in [3.63, 3.8) is 0 Å². The van der Waals surface area contributed by atoms with E-state index in [1.54, 1.807) is 0 Å². The number of nitrogens with zero attached hydrogens (tertiary/aromatic N) is 1. The van der Waals surface area contributed by atoms with Crippen LogP contribution in [-0.4, -0.2) is 11.6 Å². The van der Waals surface area contributed by atoms with Crippen LogP contribution < -0.4 is 11.5 Å². The number of rotatable bonds is 4. The second kappa shape index (κ2) is 6.57. The first-order valence-electron chi connectivity index (χ1n) is 5.10. The molecule has 4 N–H and O–H groups in total. The first kappa shape index (κ1) is 13.9. The smallest absolute Gasteiger partial charge is 0.194 e. The number of nitrogens with two attached hydrogens (primary N) is 2. The summed E-state index contributed by atoms with van der Waals surface area (Å²) in [6, 6.07) is 8.19. The summed E-state index contributed by atoms with van der Waals surface area (Å²) in [5.74, 6) is 0. The molecule has 0 unspecified atom stereocenters. The van der Waals surface area contributed by atoms with Crippen LogP contribution in [0.3, 0.4) is 0 Å². The van der Waals surface area contributed by atoms with Gasteiger partial charge in [0.15, 0.2) is 5.29 Å². The zero-order valence-corrected chi connectivity index (χ0v) is 11.5. The Morgan fingerprint density at radius 1 is 1.41 bits per heavy atom. The van der Waals surface area contributed by atoms with Crippen molar-refractivity contribution in [1.29, 1.82) is 0 Å². The van der Waals surface area contributed by atoms with Crippen molar-refractivity contribution in [3.8, 4) is 0 Å². The predicted octanol–water partition coefficient (Wildman–Crippen LogP) is 2.58. The lowest BCUT2D eigenvalue weighted by atomic mass is 10.1. The Bertz CT molecular complexity index is 451. The van der Waals surface area contributed by atoms with E-state index in [1.165, 1.54) is 17.3 Å². The highest BCUT2D eigenvalue weighted by Gasteiger charge is 2.03. The molecule has 1 aromatic carbocycles. The van der Waals surface area contributed by atoms with Gasteiger partial charge in [-0.15, -0.1) is 11.8 Å². The Morgan fingerprint density at radius 2 is 2.12 bits per heavy atom. The highest BCUT2D eigenvalue weighted by atomic mass is 35.5. The molecular formula is C12H16ClN3S. The standard InChI is InChI=1S/C12H16ClN3S/c1-8-4-3-5-9(6-8)7-10(14)11(17-2)16-12(13)15/h3-6H,7,14H2,1-2H3,(H2,15,16)/b11-10+. The van der Waals surface area contributed by atoms with Crippen molar-refractivity contribution in [1.82, 2.24) is 0 Å². The molecule has 0 aliphatic heterocycles. The highest BCUT2D eigenvalue weighted by Crippen LogP contribution is 2.19. The van der Waals surface area contributed by atoms with Crippen molar-refractivity contribution in [3.05, 3.63) is 46.1 Å². The van der Waals surface area contributed by atoms with Crippen LogP contribution in [0.1, 0.15) is 11.1 Å². The lowest BCUT2D eigenvalue weighted by molar-refractivity contribution is 1.08. The van der Waals surface area contributed by atoms with Gasteiger partial charge in [-0.3, -0.25) is 0 Å². The van der Waals surface area contributed by atoms with E-state index < -0.39 is 0 Å². The summed E-state index contributed by atoms with van der Waals surface area (Å²) in [6.07, 6.45) is 2.54. The molecule has 0 saturated carbocycles. The molecule has 1 rings (SSSR count). The van der Waals surface area contributed by atoms with E-state index in [1.807, 2.05) is 31.4 Å². The second-order valence-corrected chi connectivity index (χ2v) is 4.82. The number of aliphatic imine (C=N–C) groups is 1. The molecule has 0 aliphatic rings. The van der Waals surface area contributed by atoms with Gasteiger partial charge < -0.3 is 11.5 Å². The van der Waals surface area contributed by atoms with Gasteiger partial charge in [0.05, 0.1) is 0 Å². The molecule has 5 heteroatoms. The Balaban J connectivity index is 2.93. The summed E-state index contributed by atoms with van der Waals surface area (Å²) in [7, 11) is 0. The monoisotopic (exact) mass is 269 g/mol. The van der Waals surface area contributed by atoms with Crippen LogP contribution in [0.2, 0.25) is 0 Å². The van der Waals surface area contributed by atoms with Crippen LogP contribution in [0.15, 0.2) is 40.0 Å². The zero-order valence-electron chi connectivity index (χ0n) is 9.90. The van der Waals surface area contributed by atoms with Gasteiger partial charge in [0.2, 0.25) is 0 Å². The van der Waals surface area contributed by atoms with E-state index in [9.17, 15) is 0 Å². The number of hydrogen-bond acceptors (Lipinski definition) is 3. The summed E-state index contributed by atoms with van der Waals surface area (Å²) in [4.78, 5) is 3.99. The molecule has 0 radical (unpaired) electrons. The predicted molar refractivity (Wildman–Crippen MR) is 77.1 cm³/mol. The number of hydrogen-bond donors (Lipinski definition) is 2. The van der Waals surface area contributed by atoms with E-state index in [0.717, 1.165) is 5.56 Å². The van der Waals surface area contributed by atoms with Crippen molar-refractivity contribution < 1.29 is 0 Å². The molecule has 92 valence electrons. The van der Waals surface area contributed by atoms with E-state index in [2.05, 4.69) is 11.1 Å². The molecule has 17 heavy (non-hydrogen) atoms. The van der Waals surface area contributed by atoms with Crippen molar-refractivity contribution in [2.75, 3.05) is 6.26 Å². The van der Waals surface area contributed by atoms with Crippen LogP contribution in [0.5, 0.6) is 0 Å². The summed E-state index contributed by atoms with van der Waals surface area (Å²) < 4.78 is 0. The molecule has 0 atom stereocenters. The van der Waals surface area contributed by atoms with Crippen LogP contribution in [0.4, 0.5) is 0 Å². The van der Waals surface area contributed by atoms with E-state index in [4.69, 9.17) is 23.1 Å². The van der Waals surface area contributed by atoms with Gasteiger partial charge >= 0.3 is 0 Å². The van der Waals surface area contributed by atoms with E-state index >= 15 is 0 Å². The average Bonchev–Trinajstić information content (AvgIpc) is 2.25. The third kappa shape index (κ3) is 4.71. The molecule has 0 heterocycles. The normalized spacial score (nSPS) is 13.5. The minimum atomic E-state index is 0.00143. The summed E-state index contributed by atoms with van der Waals surface area (Å²) in [5, 5.41) is 0.667. The maximum absolute atomic E-state index is 6.00. The molecular weight excluding hydrogens is 254 g/mol. The Morgan fingerprint density at radius 3 is 2.65 bits per heavy atom. The van der Waals surface area contributed by atoms with Gasteiger partial charge in [0.25, 0.3) is 0 Å². The van der Waals surface area contributed by atoms with Gasteiger partial charge in [-0.05, 0) is 30.3 Å². The lowest BCUT2D eigenvalue weighted by Gasteiger charge is -2.06. The lowest BCUT2D eigenvalue weighted by Crippen LogP contribution is -2.07. The van der Waals surface area contributed by atoms with Gasteiger partial charge in [-0.1, -0.05) is 29.8 Å². The van der Waals surface area contributed by atoms with Crippen molar-refractivity contribution >= 4 is 28.7 Å². The number of halogens is 1. The molecule has 0 bridgehead atoms.